The van der Waals surface area contributed by atoms with E-state index in [9.17, 15) is 19.8 Å². The molecule has 2 atom stereocenters. The van der Waals surface area contributed by atoms with Gasteiger partial charge >= 0.3 is 5.97 Å². The van der Waals surface area contributed by atoms with E-state index in [-0.39, 0.29) is 18.5 Å². The van der Waals surface area contributed by atoms with Crippen molar-refractivity contribution in [2.45, 2.75) is 495 Å². The van der Waals surface area contributed by atoms with Crippen molar-refractivity contribution in [3.63, 3.8) is 0 Å². The molecule has 6 heteroatoms. The lowest BCUT2D eigenvalue weighted by atomic mass is 10.0. The van der Waals surface area contributed by atoms with Crippen molar-refractivity contribution in [3.05, 3.63) is 24.3 Å². The summed E-state index contributed by atoms with van der Waals surface area (Å²) in [6.45, 7) is 5.02. The normalized spacial score (nSPS) is 12.5. The highest BCUT2D eigenvalue weighted by molar-refractivity contribution is 5.76. The largest absolute Gasteiger partial charge is 0.466 e. The number of amides is 1. The molecule has 540 valence electrons. The molecule has 0 heterocycles. The third kappa shape index (κ3) is 77.2. The minimum atomic E-state index is -0.664. The molecule has 0 aliphatic heterocycles. The molecule has 0 aromatic rings. The molecule has 2 unspecified atom stereocenters. The second kappa shape index (κ2) is 80.8. The fourth-order valence-corrected chi connectivity index (χ4v) is 13.6. The molecule has 1 amide bonds. The smallest absolute Gasteiger partial charge is 0.305 e. The molecule has 0 rings (SSSR count). The van der Waals surface area contributed by atoms with Gasteiger partial charge in [-0.15, -0.1) is 0 Å². The number of unbranched alkanes of at least 4 members (excludes halogenated alkanes) is 65. The maximum Gasteiger partial charge on any atom is 0.305 e. The van der Waals surface area contributed by atoms with Gasteiger partial charge in [-0.2, -0.15) is 0 Å². The van der Waals surface area contributed by atoms with Gasteiger partial charge in [0.2, 0.25) is 5.91 Å². The van der Waals surface area contributed by atoms with Gasteiger partial charge in [0.05, 0.1) is 25.4 Å². The zero-order chi connectivity index (χ0) is 65.6. The van der Waals surface area contributed by atoms with Crippen LogP contribution in [0, 0.1) is 0 Å². The number of hydrogen-bond donors (Lipinski definition) is 3. The van der Waals surface area contributed by atoms with Gasteiger partial charge in [-0.3, -0.25) is 9.59 Å². The Hall–Kier alpha value is -1.66. The first kappa shape index (κ1) is 89.3. The van der Waals surface area contributed by atoms with Gasteiger partial charge in [0.1, 0.15) is 0 Å². The Kier molecular flexibility index (Phi) is 79.3. The lowest BCUT2D eigenvalue weighted by molar-refractivity contribution is -0.143. The Labute approximate surface area is 571 Å². The number of carbonyl (C=O) groups excluding carboxylic acids is 2. The molecule has 0 aromatic heterocycles. The van der Waals surface area contributed by atoms with Crippen LogP contribution in [0.3, 0.4) is 0 Å². The first-order valence-electron chi connectivity index (χ1n) is 42.1. The number of aliphatic hydroxyl groups is 2. The second-order valence-corrected chi connectivity index (χ2v) is 29.2. The SMILES string of the molecule is CCCCCCCCCCCCCCCCCCCCCCCCC(O)C(CO)NC(=O)CCCCCCCCCCCCCCCCCCC/C=C\C/C=C\CCCCCCCCCCCCCCCOC(=O)CCCCCCCCCCCCCCCCC. The number of rotatable bonds is 80. The molecule has 0 radical (unpaired) electrons. The Balaban J connectivity index is 3.35. The zero-order valence-electron chi connectivity index (χ0n) is 62.1. The van der Waals surface area contributed by atoms with E-state index >= 15 is 0 Å². The molecule has 0 aromatic carbocycles. The standard InChI is InChI=1S/C85H165NO5/c1-3-5-7-9-11-13-15-17-19-20-21-22-40-43-46-50-53-57-61-65-69-73-77-83(88)82(81-87)86-84(89)78-74-70-66-62-58-54-51-47-44-41-38-36-34-32-30-28-26-24-23-25-27-29-31-33-35-37-39-42-45-48-52-56-60-64-68-72-76-80-91-85(90)79-75-71-67-63-59-55-49-18-16-14-12-10-8-6-4-2/h23,25,29,31,82-83,87-88H,3-22,24,26-28,30,32-81H2,1-2H3,(H,86,89)/b25-23-,31-29-. The van der Waals surface area contributed by atoms with Crippen molar-refractivity contribution in [1.82, 2.24) is 5.32 Å². The lowest BCUT2D eigenvalue weighted by Crippen LogP contribution is -2.45. The summed E-state index contributed by atoms with van der Waals surface area (Å²) in [5.74, 6) is -0.00364. The second-order valence-electron chi connectivity index (χ2n) is 29.2. The summed E-state index contributed by atoms with van der Waals surface area (Å²) in [7, 11) is 0. The van der Waals surface area contributed by atoms with Crippen LogP contribution in [-0.2, 0) is 14.3 Å². The molecule has 0 saturated carbocycles. The Bertz CT molecular complexity index is 1430. The predicted octanol–water partition coefficient (Wildman–Crippen LogP) is 28.0. The molecule has 91 heavy (non-hydrogen) atoms. The summed E-state index contributed by atoms with van der Waals surface area (Å²) < 4.78 is 5.51. The van der Waals surface area contributed by atoms with Gasteiger partial charge in [0, 0.05) is 12.8 Å². The fourth-order valence-electron chi connectivity index (χ4n) is 13.6. The minimum absolute atomic E-state index is 0.0228. The summed E-state index contributed by atoms with van der Waals surface area (Å²) in [6, 6.07) is -0.540. The third-order valence-electron chi connectivity index (χ3n) is 20.0. The quantitative estimate of drug-likeness (QED) is 0.0320. The number of esters is 1. The predicted molar refractivity (Wildman–Crippen MR) is 403 cm³/mol. The topological polar surface area (TPSA) is 95.9 Å². The highest BCUT2D eigenvalue weighted by Gasteiger charge is 2.20. The average Bonchev–Trinajstić information content (AvgIpc) is 3.67. The van der Waals surface area contributed by atoms with Crippen molar-refractivity contribution < 1.29 is 24.5 Å². The summed E-state index contributed by atoms with van der Waals surface area (Å²) in [5, 5.41) is 23.5. The highest BCUT2D eigenvalue weighted by atomic mass is 16.5. The van der Waals surface area contributed by atoms with Gasteiger partial charge in [0.15, 0.2) is 0 Å². The summed E-state index contributed by atoms with van der Waals surface area (Å²) in [5.41, 5.74) is 0. The molecule has 3 N–H and O–H groups in total. The molecule has 0 bridgehead atoms. The van der Waals surface area contributed by atoms with Crippen LogP contribution in [0.4, 0.5) is 0 Å². The summed E-state index contributed by atoms with van der Waals surface area (Å²) in [6.07, 6.45) is 104. The van der Waals surface area contributed by atoms with E-state index in [0.717, 1.165) is 44.9 Å². The molecular formula is C85H165NO5. The van der Waals surface area contributed by atoms with Crippen LogP contribution < -0.4 is 5.32 Å². The van der Waals surface area contributed by atoms with Crippen molar-refractivity contribution in [2.75, 3.05) is 13.2 Å². The van der Waals surface area contributed by atoms with Crippen LogP contribution in [0.5, 0.6) is 0 Å². The number of carbonyl (C=O) groups is 2. The molecule has 0 spiro atoms. The van der Waals surface area contributed by atoms with Gasteiger partial charge in [0.25, 0.3) is 0 Å². The first-order chi connectivity index (χ1) is 45.0. The molecular weight excluding hydrogens is 1110 g/mol. The summed E-state index contributed by atoms with van der Waals surface area (Å²) >= 11 is 0. The van der Waals surface area contributed by atoms with E-state index in [0.29, 0.717) is 25.9 Å². The molecule has 0 aliphatic rings. The lowest BCUT2D eigenvalue weighted by Gasteiger charge is -2.22. The zero-order valence-corrected chi connectivity index (χ0v) is 62.1. The third-order valence-corrected chi connectivity index (χ3v) is 20.0. The van der Waals surface area contributed by atoms with E-state index < -0.39 is 12.1 Å². The first-order valence-corrected chi connectivity index (χ1v) is 42.1. The molecule has 0 aliphatic carbocycles. The average molecular weight is 1280 g/mol. The van der Waals surface area contributed by atoms with Crippen molar-refractivity contribution in [1.29, 1.82) is 0 Å². The molecule has 6 nitrogen and oxygen atoms in total. The number of hydrogen-bond acceptors (Lipinski definition) is 5. The van der Waals surface area contributed by atoms with E-state index in [1.54, 1.807) is 0 Å². The highest BCUT2D eigenvalue weighted by Crippen LogP contribution is 2.21. The van der Waals surface area contributed by atoms with Crippen LogP contribution in [0.2, 0.25) is 0 Å². The molecule has 0 saturated heterocycles. The van der Waals surface area contributed by atoms with E-state index in [1.807, 2.05) is 0 Å². The van der Waals surface area contributed by atoms with Crippen LogP contribution in [0.25, 0.3) is 0 Å². The van der Waals surface area contributed by atoms with Crippen LogP contribution >= 0.6 is 0 Å². The van der Waals surface area contributed by atoms with E-state index in [1.165, 1.54) is 405 Å². The van der Waals surface area contributed by atoms with Gasteiger partial charge in [-0.05, 0) is 57.8 Å². The van der Waals surface area contributed by atoms with Crippen molar-refractivity contribution >= 4 is 11.9 Å². The van der Waals surface area contributed by atoms with Crippen molar-refractivity contribution in [2.24, 2.45) is 0 Å². The number of aliphatic hydroxyl groups excluding tert-OH is 2. The Morgan fingerprint density at radius 2 is 0.549 bits per heavy atom. The van der Waals surface area contributed by atoms with Gasteiger partial charge in [-0.25, -0.2) is 0 Å². The summed E-state index contributed by atoms with van der Waals surface area (Å²) in [4.78, 5) is 24.7. The molecule has 0 fully saturated rings. The van der Waals surface area contributed by atoms with Crippen LogP contribution in [0.1, 0.15) is 483 Å². The maximum absolute atomic E-state index is 12.6. The number of allylic oxidation sites excluding steroid dienone is 4. The maximum atomic E-state index is 12.6. The van der Waals surface area contributed by atoms with Gasteiger partial charge < -0.3 is 20.3 Å². The van der Waals surface area contributed by atoms with Gasteiger partial charge in [-0.1, -0.05) is 436 Å². The monoisotopic (exact) mass is 1280 g/mol. The van der Waals surface area contributed by atoms with Crippen LogP contribution in [0.15, 0.2) is 24.3 Å². The van der Waals surface area contributed by atoms with Crippen LogP contribution in [-0.4, -0.2) is 47.4 Å². The minimum Gasteiger partial charge on any atom is -0.466 e. The number of nitrogens with one attached hydrogen (secondary N) is 1. The van der Waals surface area contributed by atoms with Crippen molar-refractivity contribution in [3.8, 4) is 0 Å². The fraction of sp³-hybridized carbons (Fsp3) is 0.929. The Morgan fingerprint density at radius 1 is 0.308 bits per heavy atom. The van der Waals surface area contributed by atoms with E-state index in [4.69, 9.17) is 4.74 Å². The Morgan fingerprint density at radius 3 is 0.835 bits per heavy atom. The van der Waals surface area contributed by atoms with E-state index in [2.05, 4.69) is 43.5 Å². The number of ether oxygens (including phenoxy) is 1.